The fourth-order valence-corrected chi connectivity index (χ4v) is 5.85. The highest BCUT2D eigenvalue weighted by molar-refractivity contribution is 6.16. The molecule has 1 aliphatic carbocycles. The fourth-order valence-electron chi connectivity index (χ4n) is 5.85. The lowest BCUT2D eigenvalue weighted by Gasteiger charge is -2.25. The topological polar surface area (TPSA) is 97.7 Å². The van der Waals surface area contributed by atoms with E-state index in [1.807, 2.05) is 30.3 Å². The maximum atomic E-state index is 13.3. The molecule has 42 heavy (non-hydrogen) atoms. The van der Waals surface area contributed by atoms with Crippen LogP contribution in [0.4, 0.5) is 0 Å². The second-order valence-corrected chi connectivity index (χ2v) is 10.9. The molecule has 4 aromatic rings. The van der Waals surface area contributed by atoms with Gasteiger partial charge in [-0.15, -0.1) is 0 Å². The van der Waals surface area contributed by atoms with E-state index in [0.29, 0.717) is 46.3 Å². The second kappa shape index (κ2) is 13.2. The Morgan fingerprint density at radius 3 is 2.50 bits per heavy atom. The van der Waals surface area contributed by atoms with Gasteiger partial charge < -0.3 is 25.3 Å². The summed E-state index contributed by atoms with van der Waals surface area (Å²) in [6, 6.07) is 17.7. The third-order valence-corrected chi connectivity index (χ3v) is 7.98. The standard InChI is InChI=1S/C36H40N2O4/c1-4-41-36(40)30-24(3)42-35-29-13-9-8-12-28(29)34(39)32(31(30)35)33(38-21-20-37)27-19-15-23(2)14-16-26(22-27)18-17-25-10-6-5-7-11-25/h5-13,15,19,22,33,38-39H,4,14,16-18,20-21,37H2,1-3H3. The molecule has 0 radical (unpaired) electrons. The number of phenols is 1. The first-order valence-electron chi connectivity index (χ1n) is 14.8. The average molecular weight is 565 g/mol. The summed E-state index contributed by atoms with van der Waals surface area (Å²) >= 11 is 0. The summed E-state index contributed by atoms with van der Waals surface area (Å²) in [4.78, 5) is 13.3. The third kappa shape index (κ3) is 6.06. The van der Waals surface area contributed by atoms with Crippen LogP contribution in [-0.4, -0.2) is 30.8 Å². The summed E-state index contributed by atoms with van der Waals surface area (Å²) in [5.41, 5.74) is 12.4. The van der Waals surface area contributed by atoms with Crippen LogP contribution in [0.5, 0.6) is 5.75 Å². The number of fused-ring (bicyclic) bond motifs is 3. The summed E-state index contributed by atoms with van der Waals surface area (Å²) in [7, 11) is 0. The normalized spacial score (nSPS) is 14.6. The molecule has 1 heterocycles. The minimum atomic E-state index is -0.469. The lowest BCUT2D eigenvalue weighted by Crippen LogP contribution is -2.29. The maximum Gasteiger partial charge on any atom is 0.342 e. The van der Waals surface area contributed by atoms with E-state index < -0.39 is 12.0 Å². The predicted molar refractivity (Wildman–Crippen MR) is 170 cm³/mol. The van der Waals surface area contributed by atoms with Gasteiger partial charge in [-0.3, -0.25) is 0 Å². The Balaban J connectivity index is 1.73. The smallest absolute Gasteiger partial charge is 0.342 e. The Hall–Kier alpha value is -4.13. The van der Waals surface area contributed by atoms with Crippen molar-refractivity contribution in [1.29, 1.82) is 0 Å². The van der Waals surface area contributed by atoms with Crippen LogP contribution >= 0.6 is 0 Å². The third-order valence-electron chi connectivity index (χ3n) is 7.98. The molecule has 4 N–H and O–H groups in total. The summed E-state index contributed by atoms with van der Waals surface area (Å²) < 4.78 is 11.7. The van der Waals surface area contributed by atoms with Crippen LogP contribution in [0.1, 0.15) is 66.4 Å². The number of ether oxygens (including phenoxy) is 1. The molecule has 1 aromatic heterocycles. The van der Waals surface area contributed by atoms with Crippen LogP contribution in [0.3, 0.4) is 0 Å². The molecule has 1 aliphatic rings. The molecular formula is C36H40N2O4. The van der Waals surface area contributed by atoms with Gasteiger partial charge in [0.2, 0.25) is 0 Å². The van der Waals surface area contributed by atoms with E-state index in [0.717, 1.165) is 36.6 Å². The Bertz CT molecular complexity index is 1680. The number of phenolic OH excluding ortho intramolecular Hbond substituents is 1. The first kappa shape index (κ1) is 29.4. The molecule has 0 aliphatic heterocycles. The van der Waals surface area contributed by atoms with Crippen molar-refractivity contribution in [2.75, 3.05) is 19.7 Å². The van der Waals surface area contributed by atoms with E-state index in [9.17, 15) is 9.90 Å². The van der Waals surface area contributed by atoms with Crippen molar-refractivity contribution in [2.24, 2.45) is 5.73 Å². The van der Waals surface area contributed by atoms with Gasteiger partial charge >= 0.3 is 5.97 Å². The van der Waals surface area contributed by atoms with E-state index in [2.05, 4.69) is 54.7 Å². The molecular weight excluding hydrogens is 524 g/mol. The molecule has 0 spiro atoms. The van der Waals surface area contributed by atoms with Crippen LogP contribution in [0.25, 0.3) is 21.7 Å². The molecule has 0 saturated heterocycles. The van der Waals surface area contributed by atoms with Gasteiger partial charge in [0, 0.05) is 34.8 Å². The SMILES string of the molecule is CCOC(=O)c1c(C)oc2c1c(C(NCCN)C1=CC=C(C)CCC(CCc3ccccc3)=C1)c(O)c1ccccc12. The zero-order valence-corrected chi connectivity index (χ0v) is 24.7. The minimum absolute atomic E-state index is 0.113. The number of aromatic hydroxyl groups is 1. The van der Waals surface area contributed by atoms with Crippen LogP contribution in [0.15, 0.2) is 94.0 Å². The van der Waals surface area contributed by atoms with E-state index in [4.69, 9.17) is 14.9 Å². The molecule has 5 rings (SSSR count). The largest absolute Gasteiger partial charge is 0.507 e. The number of carbonyl (C=O) groups excluding carboxylic acids is 1. The van der Waals surface area contributed by atoms with Crippen molar-refractivity contribution in [3.05, 3.63) is 112 Å². The number of hydrogen-bond acceptors (Lipinski definition) is 6. The first-order valence-corrected chi connectivity index (χ1v) is 14.8. The Kier molecular flexibility index (Phi) is 9.25. The number of nitrogens with one attached hydrogen (secondary N) is 1. The van der Waals surface area contributed by atoms with Crippen molar-refractivity contribution < 1.29 is 19.1 Å². The monoisotopic (exact) mass is 564 g/mol. The Morgan fingerprint density at radius 2 is 1.76 bits per heavy atom. The number of rotatable bonds is 10. The summed E-state index contributed by atoms with van der Waals surface area (Å²) in [5.74, 6) is 0.102. The van der Waals surface area contributed by atoms with Gasteiger partial charge in [-0.1, -0.05) is 84.0 Å². The van der Waals surface area contributed by atoms with Crippen LogP contribution in [-0.2, 0) is 11.2 Å². The quantitative estimate of drug-likeness (QED) is 0.172. The van der Waals surface area contributed by atoms with E-state index in [-0.39, 0.29) is 12.4 Å². The van der Waals surface area contributed by atoms with Gasteiger partial charge in [0.1, 0.15) is 22.7 Å². The number of hydrogen-bond donors (Lipinski definition) is 3. The molecule has 6 heteroatoms. The zero-order chi connectivity index (χ0) is 29.6. The van der Waals surface area contributed by atoms with E-state index >= 15 is 0 Å². The van der Waals surface area contributed by atoms with Crippen LogP contribution in [0.2, 0.25) is 0 Å². The predicted octanol–water partition coefficient (Wildman–Crippen LogP) is 7.59. The Labute approximate surface area is 247 Å². The van der Waals surface area contributed by atoms with Crippen molar-refractivity contribution in [3.8, 4) is 5.75 Å². The number of esters is 1. The van der Waals surface area contributed by atoms with Gasteiger partial charge in [0.15, 0.2) is 0 Å². The average Bonchev–Trinajstić information content (AvgIpc) is 3.34. The molecule has 3 aromatic carbocycles. The van der Waals surface area contributed by atoms with Crippen LogP contribution in [0, 0.1) is 6.92 Å². The van der Waals surface area contributed by atoms with Crippen molar-refractivity contribution >= 4 is 27.7 Å². The van der Waals surface area contributed by atoms with Gasteiger partial charge in [-0.2, -0.15) is 0 Å². The molecule has 6 nitrogen and oxygen atoms in total. The number of allylic oxidation sites excluding steroid dienone is 4. The van der Waals surface area contributed by atoms with Crippen molar-refractivity contribution in [2.45, 2.75) is 52.5 Å². The molecule has 0 bridgehead atoms. The number of carbonyl (C=O) groups is 1. The molecule has 218 valence electrons. The van der Waals surface area contributed by atoms with Gasteiger partial charge in [0.25, 0.3) is 0 Å². The summed E-state index contributed by atoms with van der Waals surface area (Å²) in [6.45, 7) is 6.86. The Morgan fingerprint density at radius 1 is 1.02 bits per heavy atom. The highest BCUT2D eigenvalue weighted by Crippen LogP contribution is 2.46. The highest BCUT2D eigenvalue weighted by Gasteiger charge is 2.31. The van der Waals surface area contributed by atoms with Crippen molar-refractivity contribution in [1.82, 2.24) is 5.32 Å². The lowest BCUT2D eigenvalue weighted by atomic mass is 9.86. The summed E-state index contributed by atoms with van der Waals surface area (Å²) in [6.07, 6.45) is 10.4. The number of aryl methyl sites for hydroxylation is 2. The van der Waals surface area contributed by atoms with Crippen molar-refractivity contribution in [3.63, 3.8) is 0 Å². The molecule has 0 saturated carbocycles. The molecule has 0 fully saturated rings. The van der Waals surface area contributed by atoms with E-state index in [1.165, 1.54) is 16.7 Å². The number of nitrogens with two attached hydrogens (primary N) is 1. The summed E-state index contributed by atoms with van der Waals surface area (Å²) in [5, 5.41) is 17.5. The molecule has 1 unspecified atom stereocenters. The van der Waals surface area contributed by atoms with E-state index in [1.54, 1.807) is 13.8 Å². The molecule has 0 amide bonds. The van der Waals surface area contributed by atoms with Gasteiger partial charge in [-0.05, 0) is 57.6 Å². The minimum Gasteiger partial charge on any atom is -0.507 e. The highest BCUT2D eigenvalue weighted by atomic mass is 16.5. The number of furan rings is 1. The lowest BCUT2D eigenvalue weighted by molar-refractivity contribution is 0.0526. The maximum absolute atomic E-state index is 13.3. The van der Waals surface area contributed by atoms with Gasteiger partial charge in [-0.25, -0.2) is 4.79 Å². The zero-order valence-electron chi connectivity index (χ0n) is 24.7. The van der Waals surface area contributed by atoms with Gasteiger partial charge in [0.05, 0.1) is 12.6 Å². The molecule has 1 atom stereocenters. The second-order valence-electron chi connectivity index (χ2n) is 10.9. The fraction of sp³-hybridized carbons (Fsp3) is 0.306. The first-order chi connectivity index (χ1) is 20.4. The van der Waals surface area contributed by atoms with Crippen LogP contribution < -0.4 is 11.1 Å². The number of benzene rings is 3.